The van der Waals surface area contributed by atoms with Crippen LogP contribution in [-0.4, -0.2) is 167 Å². The zero-order chi connectivity index (χ0) is 17.9. The first-order valence-electron chi connectivity index (χ1n) is 9.48. The van der Waals surface area contributed by atoms with Crippen molar-refractivity contribution in [3.63, 3.8) is 0 Å². The van der Waals surface area contributed by atoms with Crippen LogP contribution in [-0.2, 0) is 34.1 Å². The van der Waals surface area contributed by atoms with Gasteiger partial charge in [-0.05, 0) is 42.3 Å². The minimum Gasteiger partial charge on any atom is -0.412 e. The summed E-state index contributed by atoms with van der Waals surface area (Å²) in [6.07, 6.45) is 0. The van der Waals surface area contributed by atoms with E-state index in [0.717, 1.165) is 0 Å². The minimum absolute atomic E-state index is 0. The van der Waals surface area contributed by atoms with Crippen LogP contribution >= 0.6 is 0 Å². The third kappa shape index (κ3) is 26.8. The first-order chi connectivity index (χ1) is 11.4. The molecule has 0 aliphatic carbocycles. The number of likely N-dealkylation sites (N-methyl/N-ethyl adjacent to an activating group) is 6. The van der Waals surface area contributed by atoms with Crippen molar-refractivity contribution in [2.24, 2.45) is 0 Å². The van der Waals surface area contributed by atoms with Gasteiger partial charge in [0.2, 0.25) is 0 Å². The molecule has 0 saturated carbocycles. The summed E-state index contributed by atoms with van der Waals surface area (Å²) in [6.45, 7) is 14.4. The van der Waals surface area contributed by atoms with Crippen molar-refractivity contribution in [1.82, 2.24) is 29.4 Å². The largest absolute Gasteiger partial charge is 3.00 e. The Labute approximate surface area is 215 Å². The molecule has 2 rings (SSSR count). The van der Waals surface area contributed by atoms with Crippen LogP contribution in [0.2, 0.25) is 0 Å². The summed E-state index contributed by atoms with van der Waals surface area (Å²) in [5, 5.41) is 0. The molecule has 0 bridgehead atoms. The maximum atomic E-state index is 2.40. The fraction of sp³-hybridized carbons (Fsp3) is 0.900. The van der Waals surface area contributed by atoms with Crippen LogP contribution < -0.4 is 0 Å². The van der Waals surface area contributed by atoms with Gasteiger partial charge in [0.05, 0.1) is 0 Å². The molecular weight excluding hydrogens is 482 g/mol. The van der Waals surface area contributed by atoms with Gasteiger partial charge < -0.3 is 60.7 Å². The predicted octanol–water partition coefficient (Wildman–Crippen LogP) is -1.99. The second-order valence-electron chi connectivity index (χ2n) is 7.82. The first kappa shape index (κ1) is 49.0. The van der Waals surface area contributed by atoms with E-state index in [0.29, 0.717) is 0 Å². The van der Waals surface area contributed by atoms with Crippen molar-refractivity contribution < 1.29 is 50.6 Å². The molecule has 9 nitrogen and oxygen atoms in total. The Morgan fingerprint density at radius 1 is 0.290 bits per heavy atom. The topological polar surface area (TPSA) is 114 Å². The summed E-state index contributed by atoms with van der Waals surface area (Å²) in [5.41, 5.74) is 0. The number of nitrogens with zero attached hydrogens (tertiary/aromatic N) is 6. The van der Waals surface area contributed by atoms with Crippen molar-refractivity contribution in [1.29, 1.82) is 0 Å². The summed E-state index contributed by atoms with van der Waals surface area (Å²) >= 11 is 0. The van der Waals surface area contributed by atoms with Crippen LogP contribution in [0.15, 0.2) is 0 Å². The molecule has 0 atom stereocenters. The second-order valence-corrected chi connectivity index (χ2v) is 7.82. The zero-order valence-corrected chi connectivity index (χ0v) is 23.8. The van der Waals surface area contributed by atoms with Crippen LogP contribution in [0.4, 0.5) is 0 Å². The zero-order valence-electron chi connectivity index (χ0n) is 21.4. The van der Waals surface area contributed by atoms with Crippen molar-refractivity contribution in [3.05, 3.63) is 14.9 Å². The Bertz CT molecular complexity index is 238. The van der Waals surface area contributed by atoms with E-state index < -0.39 is 0 Å². The van der Waals surface area contributed by atoms with Crippen LogP contribution in [0, 0.1) is 14.9 Å². The van der Waals surface area contributed by atoms with E-state index in [2.05, 4.69) is 71.7 Å². The predicted molar refractivity (Wildman–Crippen MR) is 129 cm³/mol. The van der Waals surface area contributed by atoms with Gasteiger partial charge in [-0.25, -0.2) is 0 Å². The maximum Gasteiger partial charge on any atom is 3.00 e. The third-order valence-electron chi connectivity index (χ3n) is 5.18. The molecule has 0 radical (unpaired) electrons. The van der Waals surface area contributed by atoms with E-state index in [4.69, 9.17) is 0 Å². The molecule has 2 aliphatic heterocycles. The van der Waals surface area contributed by atoms with Crippen molar-refractivity contribution in [3.8, 4) is 0 Å². The van der Waals surface area contributed by atoms with E-state index >= 15 is 0 Å². The molecule has 11 heteroatoms. The Hall–Kier alpha value is 0.679. The van der Waals surface area contributed by atoms with Gasteiger partial charge in [0.15, 0.2) is 0 Å². The Morgan fingerprint density at radius 3 is 0.419 bits per heavy atom. The molecule has 6 N–H and O–H groups in total. The van der Waals surface area contributed by atoms with Crippen molar-refractivity contribution >= 4 is 0 Å². The van der Waals surface area contributed by atoms with Crippen LogP contribution in [0.5, 0.6) is 0 Å². The van der Waals surface area contributed by atoms with Gasteiger partial charge in [-0.15, -0.1) is 0 Å². The van der Waals surface area contributed by atoms with Crippen molar-refractivity contribution in [2.75, 3.05) is 121 Å². The molecule has 2 heterocycles. The van der Waals surface area contributed by atoms with Gasteiger partial charge in [-0.1, -0.05) is 0 Å². The van der Waals surface area contributed by atoms with Crippen LogP contribution in [0.25, 0.3) is 0 Å². The molecule has 0 aromatic carbocycles. The fourth-order valence-corrected chi connectivity index (χ4v) is 2.72. The average molecular weight is 537 g/mol. The summed E-state index contributed by atoms with van der Waals surface area (Å²) in [4.78, 5) is 14.4. The van der Waals surface area contributed by atoms with E-state index in [1.165, 1.54) is 78.5 Å². The molecule has 31 heavy (non-hydrogen) atoms. The molecular formula is C20H54Mn2N6O3+4. The molecule has 0 aromatic rings. The average Bonchev–Trinajstić information content (AvgIpc) is 2.68. The van der Waals surface area contributed by atoms with E-state index in [1.54, 1.807) is 0 Å². The maximum absolute atomic E-state index is 2.40. The van der Waals surface area contributed by atoms with Gasteiger partial charge in [-0.3, -0.25) is 0 Å². The number of rotatable bonds is 0. The molecule has 2 fully saturated rings. The quantitative estimate of drug-likeness (QED) is 0.262. The molecule has 0 spiro atoms. The van der Waals surface area contributed by atoms with Crippen LogP contribution in [0.1, 0.15) is 0 Å². The first-order valence-corrected chi connectivity index (χ1v) is 9.48. The molecule has 0 aromatic heterocycles. The normalized spacial score (nSPS) is 20.3. The van der Waals surface area contributed by atoms with Gasteiger partial charge in [0.1, 0.15) is 0 Å². The molecule has 192 valence electrons. The van der Waals surface area contributed by atoms with E-state index in [1.807, 2.05) is 0 Å². The van der Waals surface area contributed by atoms with Crippen LogP contribution in [0.3, 0.4) is 0 Å². The number of hydrogen-bond acceptors (Lipinski definition) is 6. The summed E-state index contributed by atoms with van der Waals surface area (Å²) in [7, 11) is 13.2. The third-order valence-corrected chi connectivity index (χ3v) is 5.18. The number of hydrogen-bond donors (Lipinski definition) is 0. The smallest absolute Gasteiger partial charge is 0.412 e. The molecule has 0 unspecified atom stereocenters. The minimum atomic E-state index is 0. The van der Waals surface area contributed by atoms with E-state index in [9.17, 15) is 0 Å². The Balaban J connectivity index is -0.0000000606. The monoisotopic (exact) mass is 536 g/mol. The molecule has 2 saturated heterocycles. The molecule has 2 aliphatic rings. The van der Waals surface area contributed by atoms with Gasteiger partial charge >= 0.3 is 34.1 Å². The second kappa shape index (κ2) is 28.7. The van der Waals surface area contributed by atoms with Gasteiger partial charge in [-0.2, -0.15) is 0 Å². The standard InChI is InChI=1S/2C9H21N3.2CH3.2Mn.3H2O/c2*1-10-4-6-11(2)8-9-12(3)7-5-10;;;;;;;/h2*4-9H2,1-3H3;2*1H3;;;3*1H2/q;;2*-1;2*+3;;;. The fourth-order valence-electron chi connectivity index (χ4n) is 2.72. The van der Waals surface area contributed by atoms with Gasteiger partial charge in [0.25, 0.3) is 0 Å². The summed E-state index contributed by atoms with van der Waals surface area (Å²) < 4.78 is 0. The summed E-state index contributed by atoms with van der Waals surface area (Å²) in [6, 6.07) is 0. The SMILES string of the molecule is CN1CCN(C)CCN(C)CC1.CN1CCN(C)CCN(C)CC1.O.O.O.[CH3-].[CH3-].[Mn+3].[Mn+3]. The molecule has 0 amide bonds. The van der Waals surface area contributed by atoms with Gasteiger partial charge in [0, 0.05) is 78.5 Å². The summed E-state index contributed by atoms with van der Waals surface area (Å²) in [5.74, 6) is 0. The van der Waals surface area contributed by atoms with E-state index in [-0.39, 0.29) is 65.4 Å². The Morgan fingerprint density at radius 2 is 0.355 bits per heavy atom. The van der Waals surface area contributed by atoms with Crippen molar-refractivity contribution in [2.45, 2.75) is 0 Å². The Kier molecular flexibility index (Phi) is 45.3.